The molecule has 0 saturated heterocycles. The van der Waals surface area contributed by atoms with Gasteiger partial charge in [-0.25, -0.2) is 8.42 Å². The first kappa shape index (κ1) is 14.6. The van der Waals surface area contributed by atoms with Crippen molar-refractivity contribution < 1.29 is 13.5 Å². The third kappa shape index (κ3) is 2.87. The molecule has 7 nitrogen and oxygen atoms in total. The Morgan fingerprint density at radius 1 is 1.35 bits per heavy atom. The lowest BCUT2D eigenvalue weighted by atomic mass is 10.3. The maximum absolute atomic E-state index is 12.5. The van der Waals surface area contributed by atoms with Crippen LogP contribution in [0.25, 0.3) is 0 Å². The van der Waals surface area contributed by atoms with Crippen molar-refractivity contribution in [1.29, 1.82) is 0 Å². The number of aliphatic hydroxyl groups excluding tert-OH is 1. The smallest absolute Gasteiger partial charge is 0.260 e. The second kappa shape index (κ2) is 6.12. The van der Waals surface area contributed by atoms with Gasteiger partial charge in [-0.05, 0) is 17.7 Å². The summed E-state index contributed by atoms with van der Waals surface area (Å²) in [5.41, 5.74) is 1.11. The van der Waals surface area contributed by atoms with E-state index >= 15 is 0 Å². The van der Waals surface area contributed by atoms with Crippen molar-refractivity contribution in [3.05, 3.63) is 41.9 Å². The number of aliphatic hydroxyl groups is 1. The number of rotatable bonds is 6. The second-order valence-corrected chi connectivity index (χ2v) is 6.04. The van der Waals surface area contributed by atoms with Gasteiger partial charge in [0.15, 0.2) is 5.03 Å². The molecule has 0 atom stereocenters. The number of H-pyrrole nitrogens is 1. The first-order valence-electron chi connectivity index (χ1n) is 6.11. The van der Waals surface area contributed by atoms with E-state index in [0.29, 0.717) is 6.54 Å². The molecule has 2 heterocycles. The van der Waals surface area contributed by atoms with Gasteiger partial charge in [0.25, 0.3) is 10.0 Å². The van der Waals surface area contributed by atoms with E-state index in [1.807, 2.05) is 0 Å². The molecule has 2 N–H and O–H groups in total. The van der Waals surface area contributed by atoms with Crippen LogP contribution in [0.5, 0.6) is 0 Å². The Labute approximate surface area is 117 Å². The molecule has 0 fully saturated rings. The SMILES string of the molecule is CCN(Cc1ccncc1)S(=O)(=O)c1[nH]ncc1CO. The van der Waals surface area contributed by atoms with Crippen molar-refractivity contribution in [3.8, 4) is 0 Å². The van der Waals surface area contributed by atoms with E-state index in [1.165, 1.54) is 10.5 Å². The quantitative estimate of drug-likeness (QED) is 0.809. The first-order valence-corrected chi connectivity index (χ1v) is 7.55. The standard InChI is InChI=1S/C12H16N4O3S/c1-2-16(8-10-3-5-13-6-4-10)20(18,19)12-11(9-17)7-14-15-12/h3-7,17H,2,8-9H2,1H3,(H,14,15). The van der Waals surface area contributed by atoms with Gasteiger partial charge in [-0.1, -0.05) is 6.92 Å². The maximum atomic E-state index is 12.5. The lowest BCUT2D eigenvalue weighted by molar-refractivity contribution is 0.278. The maximum Gasteiger partial charge on any atom is 0.260 e. The molecule has 0 aliphatic heterocycles. The number of hydrogen-bond acceptors (Lipinski definition) is 5. The van der Waals surface area contributed by atoms with Crippen LogP contribution in [0.4, 0.5) is 0 Å². The molecule has 0 saturated carbocycles. The summed E-state index contributed by atoms with van der Waals surface area (Å²) in [4.78, 5) is 3.90. The van der Waals surface area contributed by atoms with Gasteiger partial charge < -0.3 is 5.11 Å². The fourth-order valence-electron chi connectivity index (χ4n) is 1.82. The summed E-state index contributed by atoms with van der Waals surface area (Å²) in [6.45, 7) is 1.94. The van der Waals surface area contributed by atoms with E-state index in [9.17, 15) is 8.42 Å². The Balaban J connectivity index is 2.31. The summed E-state index contributed by atoms with van der Waals surface area (Å²) < 4.78 is 26.4. The highest BCUT2D eigenvalue weighted by atomic mass is 32.2. The Morgan fingerprint density at radius 2 is 2.05 bits per heavy atom. The fourth-order valence-corrected chi connectivity index (χ4v) is 3.36. The van der Waals surface area contributed by atoms with E-state index in [0.717, 1.165) is 5.56 Å². The van der Waals surface area contributed by atoms with Gasteiger partial charge >= 0.3 is 0 Å². The third-order valence-corrected chi connectivity index (χ3v) is 4.84. The highest BCUT2D eigenvalue weighted by Gasteiger charge is 2.27. The molecule has 2 rings (SSSR count). The van der Waals surface area contributed by atoms with Crippen molar-refractivity contribution in [2.75, 3.05) is 6.54 Å². The Morgan fingerprint density at radius 3 is 2.65 bits per heavy atom. The van der Waals surface area contributed by atoms with Gasteiger partial charge in [0.05, 0.1) is 12.8 Å². The summed E-state index contributed by atoms with van der Waals surface area (Å²) in [5.74, 6) is 0. The van der Waals surface area contributed by atoms with Crippen LogP contribution in [0.1, 0.15) is 18.1 Å². The number of sulfonamides is 1. The van der Waals surface area contributed by atoms with E-state index < -0.39 is 10.0 Å². The molecule has 0 aromatic carbocycles. The van der Waals surface area contributed by atoms with Crippen molar-refractivity contribution in [2.24, 2.45) is 0 Å². The number of hydrogen-bond donors (Lipinski definition) is 2. The molecule has 0 amide bonds. The lowest BCUT2D eigenvalue weighted by Gasteiger charge is -2.20. The largest absolute Gasteiger partial charge is 0.392 e. The molecule has 0 aliphatic carbocycles. The minimum Gasteiger partial charge on any atom is -0.392 e. The highest BCUT2D eigenvalue weighted by Crippen LogP contribution is 2.19. The molecule has 108 valence electrons. The summed E-state index contributed by atoms with van der Waals surface area (Å²) in [5, 5.41) is 15.2. The lowest BCUT2D eigenvalue weighted by Crippen LogP contribution is -2.31. The van der Waals surface area contributed by atoms with E-state index in [-0.39, 0.29) is 23.7 Å². The van der Waals surface area contributed by atoms with E-state index in [1.54, 1.807) is 31.5 Å². The van der Waals surface area contributed by atoms with Gasteiger partial charge in [0, 0.05) is 31.0 Å². The topological polar surface area (TPSA) is 99.2 Å². The van der Waals surface area contributed by atoms with E-state index in [2.05, 4.69) is 15.2 Å². The second-order valence-electron chi connectivity index (χ2n) is 4.17. The zero-order valence-electron chi connectivity index (χ0n) is 11.0. The number of pyridine rings is 1. The van der Waals surface area contributed by atoms with Gasteiger partial charge in [0.1, 0.15) is 0 Å². The van der Waals surface area contributed by atoms with Crippen LogP contribution < -0.4 is 0 Å². The average molecular weight is 296 g/mol. The molecule has 0 radical (unpaired) electrons. The molecular formula is C12H16N4O3S. The minimum absolute atomic E-state index is 0.0593. The van der Waals surface area contributed by atoms with Crippen molar-refractivity contribution in [3.63, 3.8) is 0 Å². The highest BCUT2D eigenvalue weighted by molar-refractivity contribution is 7.89. The molecule has 2 aromatic rings. The molecule has 0 aliphatic rings. The van der Waals surface area contributed by atoms with Gasteiger partial charge in [-0.2, -0.15) is 9.40 Å². The molecule has 0 bridgehead atoms. The normalized spacial score (nSPS) is 11.9. The summed E-state index contributed by atoms with van der Waals surface area (Å²) in [7, 11) is -3.71. The van der Waals surface area contributed by atoms with Crippen LogP contribution in [0.15, 0.2) is 35.7 Å². The predicted octanol–water partition coefficient (Wildman–Crippen LogP) is 0.508. The molecule has 0 spiro atoms. The molecule has 2 aromatic heterocycles. The van der Waals surface area contributed by atoms with Crippen molar-refractivity contribution >= 4 is 10.0 Å². The summed E-state index contributed by atoms with van der Waals surface area (Å²) in [6.07, 6.45) is 4.55. The summed E-state index contributed by atoms with van der Waals surface area (Å²) in [6, 6.07) is 3.52. The van der Waals surface area contributed by atoms with Crippen LogP contribution in [0, 0.1) is 0 Å². The fraction of sp³-hybridized carbons (Fsp3) is 0.333. The zero-order chi connectivity index (χ0) is 14.6. The van der Waals surface area contributed by atoms with Crippen LogP contribution in [0.2, 0.25) is 0 Å². The van der Waals surface area contributed by atoms with Gasteiger partial charge in [-0.15, -0.1) is 0 Å². The third-order valence-electron chi connectivity index (χ3n) is 2.91. The zero-order valence-corrected chi connectivity index (χ0v) is 11.8. The van der Waals surface area contributed by atoms with Crippen molar-refractivity contribution in [2.45, 2.75) is 25.1 Å². The Hall–Kier alpha value is -1.77. The molecule has 0 unspecified atom stereocenters. The van der Waals surface area contributed by atoms with Crippen LogP contribution in [-0.2, 0) is 23.2 Å². The average Bonchev–Trinajstić information content (AvgIpc) is 2.95. The number of nitrogens with one attached hydrogen (secondary N) is 1. The molecular weight excluding hydrogens is 280 g/mol. The Kier molecular flexibility index (Phi) is 4.48. The van der Waals surface area contributed by atoms with Crippen LogP contribution in [0.3, 0.4) is 0 Å². The number of aromatic nitrogens is 3. The predicted molar refractivity (Wildman–Crippen MR) is 72.0 cm³/mol. The number of aromatic amines is 1. The molecule has 20 heavy (non-hydrogen) atoms. The van der Waals surface area contributed by atoms with Crippen molar-refractivity contribution in [1.82, 2.24) is 19.5 Å². The molecule has 8 heteroatoms. The van der Waals surface area contributed by atoms with Gasteiger partial charge in [0.2, 0.25) is 0 Å². The van der Waals surface area contributed by atoms with Crippen LogP contribution >= 0.6 is 0 Å². The van der Waals surface area contributed by atoms with E-state index in [4.69, 9.17) is 5.11 Å². The Bertz CT molecular complexity index is 654. The van der Waals surface area contributed by atoms with Gasteiger partial charge in [-0.3, -0.25) is 10.1 Å². The minimum atomic E-state index is -3.71. The number of nitrogens with zero attached hydrogens (tertiary/aromatic N) is 3. The first-order chi connectivity index (χ1) is 9.59. The van der Waals surface area contributed by atoms with Crippen LogP contribution in [-0.4, -0.2) is 39.6 Å². The monoisotopic (exact) mass is 296 g/mol. The summed E-state index contributed by atoms with van der Waals surface area (Å²) >= 11 is 0.